The van der Waals surface area contributed by atoms with Crippen molar-refractivity contribution in [3.05, 3.63) is 0 Å². The predicted molar refractivity (Wildman–Crippen MR) is 73.6 cm³/mol. The Morgan fingerprint density at radius 1 is 1.33 bits per heavy atom. The van der Waals surface area contributed by atoms with E-state index in [9.17, 15) is 4.79 Å². The minimum Gasteiger partial charge on any atom is -0.377 e. The highest BCUT2D eigenvalue weighted by Crippen LogP contribution is 2.20. The molecule has 18 heavy (non-hydrogen) atoms. The molecule has 1 rings (SSSR count). The molecule has 2 N–H and O–H groups in total. The maximum absolute atomic E-state index is 11.6. The first-order valence-electron chi connectivity index (χ1n) is 7.17. The maximum atomic E-state index is 11.6. The van der Waals surface area contributed by atoms with Crippen molar-refractivity contribution in [1.82, 2.24) is 10.6 Å². The molecule has 1 fully saturated rings. The van der Waals surface area contributed by atoms with E-state index in [1.54, 1.807) is 0 Å². The highest BCUT2D eigenvalue weighted by Gasteiger charge is 2.17. The van der Waals surface area contributed by atoms with Crippen LogP contribution in [-0.2, 0) is 9.53 Å². The van der Waals surface area contributed by atoms with Crippen molar-refractivity contribution in [2.45, 2.75) is 64.5 Å². The molecule has 0 aromatic carbocycles. The number of hydrogen-bond acceptors (Lipinski definition) is 3. The highest BCUT2D eigenvalue weighted by molar-refractivity contribution is 5.78. The van der Waals surface area contributed by atoms with E-state index in [-0.39, 0.29) is 11.4 Å². The molecule has 1 saturated carbocycles. The summed E-state index contributed by atoms with van der Waals surface area (Å²) in [4.78, 5) is 11.6. The third-order valence-corrected chi connectivity index (χ3v) is 3.58. The lowest BCUT2D eigenvalue weighted by Gasteiger charge is -2.24. The Kier molecular flexibility index (Phi) is 6.65. The quantitative estimate of drug-likeness (QED) is 0.652. The Bertz CT molecular complexity index is 248. The van der Waals surface area contributed by atoms with Crippen LogP contribution in [0.4, 0.5) is 0 Å². The molecule has 0 atom stereocenters. The fourth-order valence-corrected chi connectivity index (χ4v) is 2.06. The molecule has 0 radical (unpaired) electrons. The molecule has 4 heteroatoms. The number of carbonyl (C=O) groups excluding carboxylic acids is 1. The van der Waals surface area contributed by atoms with Crippen LogP contribution in [0.1, 0.15) is 52.9 Å². The lowest BCUT2D eigenvalue weighted by Crippen LogP contribution is -2.46. The van der Waals surface area contributed by atoms with Crippen LogP contribution in [0.5, 0.6) is 0 Å². The highest BCUT2D eigenvalue weighted by atomic mass is 16.5. The van der Waals surface area contributed by atoms with Crippen molar-refractivity contribution < 1.29 is 9.53 Å². The van der Waals surface area contributed by atoms with Crippen molar-refractivity contribution in [2.75, 3.05) is 19.7 Å². The van der Waals surface area contributed by atoms with E-state index in [4.69, 9.17) is 4.74 Å². The summed E-state index contributed by atoms with van der Waals surface area (Å²) in [5.74, 6) is 0.0581. The molecule has 0 saturated heterocycles. The Labute approximate surface area is 111 Å². The van der Waals surface area contributed by atoms with Gasteiger partial charge in [0.1, 0.15) is 0 Å². The largest absolute Gasteiger partial charge is 0.377 e. The van der Waals surface area contributed by atoms with Crippen molar-refractivity contribution in [2.24, 2.45) is 0 Å². The van der Waals surface area contributed by atoms with Crippen LogP contribution in [0.2, 0.25) is 0 Å². The van der Waals surface area contributed by atoms with Crippen LogP contribution >= 0.6 is 0 Å². The van der Waals surface area contributed by atoms with Crippen molar-refractivity contribution in [1.29, 1.82) is 0 Å². The summed E-state index contributed by atoms with van der Waals surface area (Å²) in [6.45, 7) is 7.97. The minimum absolute atomic E-state index is 0.0581. The van der Waals surface area contributed by atoms with Gasteiger partial charge in [-0.2, -0.15) is 0 Å². The molecule has 0 aromatic heterocycles. The minimum atomic E-state index is -0.112. The summed E-state index contributed by atoms with van der Waals surface area (Å²) in [6.07, 6.45) is 6.39. The van der Waals surface area contributed by atoms with Crippen LogP contribution in [0.3, 0.4) is 0 Å². The number of hydrogen-bond donors (Lipinski definition) is 2. The summed E-state index contributed by atoms with van der Waals surface area (Å²) < 4.78 is 5.71. The van der Waals surface area contributed by atoms with E-state index in [1.165, 1.54) is 25.7 Å². The Balaban J connectivity index is 1.98. The van der Waals surface area contributed by atoms with Gasteiger partial charge in [-0.15, -0.1) is 0 Å². The smallest absolute Gasteiger partial charge is 0.234 e. The summed E-state index contributed by atoms with van der Waals surface area (Å²) in [7, 11) is 0. The lowest BCUT2D eigenvalue weighted by molar-refractivity contribution is -0.121. The predicted octanol–water partition coefficient (Wildman–Crippen LogP) is 1.84. The first-order valence-corrected chi connectivity index (χ1v) is 7.17. The van der Waals surface area contributed by atoms with Gasteiger partial charge in [-0.3, -0.25) is 4.79 Å². The van der Waals surface area contributed by atoms with Gasteiger partial charge in [0, 0.05) is 12.1 Å². The SMILES string of the molecule is CCC(C)(C)NC(=O)CNCCOC1CCCC1. The van der Waals surface area contributed by atoms with Gasteiger partial charge in [0.25, 0.3) is 0 Å². The Morgan fingerprint density at radius 3 is 2.61 bits per heavy atom. The Hall–Kier alpha value is -0.610. The average Bonchev–Trinajstić information content (AvgIpc) is 2.81. The maximum Gasteiger partial charge on any atom is 0.234 e. The standard InChI is InChI=1S/C14H28N2O2/c1-4-14(2,3)16-13(17)11-15-9-10-18-12-7-5-6-8-12/h12,15H,4-11H2,1-3H3,(H,16,17). The number of amides is 1. The summed E-state index contributed by atoms with van der Waals surface area (Å²) in [6, 6.07) is 0. The molecule has 1 aliphatic rings. The number of nitrogens with one attached hydrogen (secondary N) is 2. The molecule has 0 aliphatic heterocycles. The molecule has 0 aromatic rings. The molecule has 0 unspecified atom stereocenters. The molecule has 106 valence electrons. The third kappa shape index (κ3) is 6.36. The van der Waals surface area contributed by atoms with Crippen molar-refractivity contribution in [3.8, 4) is 0 Å². The zero-order chi connectivity index (χ0) is 13.4. The van der Waals surface area contributed by atoms with E-state index in [1.807, 2.05) is 13.8 Å². The van der Waals surface area contributed by atoms with Crippen LogP contribution in [-0.4, -0.2) is 37.2 Å². The molecule has 1 aliphatic carbocycles. The van der Waals surface area contributed by atoms with E-state index in [0.717, 1.165) is 13.0 Å². The average molecular weight is 256 g/mol. The number of ether oxygens (including phenoxy) is 1. The molecule has 4 nitrogen and oxygen atoms in total. The zero-order valence-corrected chi connectivity index (χ0v) is 12.1. The molecule has 0 spiro atoms. The number of carbonyl (C=O) groups is 1. The summed E-state index contributed by atoms with van der Waals surface area (Å²) in [5.41, 5.74) is -0.112. The second kappa shape index (κ2) is 7.74. The molecule has 0 heterocycles. The molecular weight excluding hydrogens is 228 g/mol. The molecule has 1 amide bonds. The lowest BCUT2D eigenvalue weighted by atomic mass is 10.0. The second-order valence-electron chi connectivity index (χ2n) is 5.74. The Morgan fingerprint density at radius 2 is 2.00 bits per heavy atom. The topological polar surface area (TPSA) is 50.4 Å². The zero-order valence-electron chi connectivity index (χ0n) is 12.1. The summed E-state index contributed by atoms with van der Waals surface area (Å²) in [5, 5.41) is 6.11. The third-order valence-electron chi connectivity index (χ3n) is 3.58. The monoisotopic (exact) mass is 256 g/mol. The van der Waals surface area contributed by atoms with E-state index < -0.39 is 0 Å². The van der Waals surface area contributed by atoms with Gasteiger partial charge >= 0.3 is 0 Å². The van der Waals surface area contributed by atoms with Gasteiger partial charge < -0.3 is 15.4 Å². The van der Waals surface area contributed by atoms with Crippen LogP contribution in [0.25, 0.3) is 0 Å². The van der Waals surface area contributed by atoms with Gasteiger partial charge in [0.15, 0.2) is 0 Å². The number of rotatable bonds is 8. The first-order chi connectivity index (χ1) is 8.53. The van der Waals surface area contributed by atoms with Gasteiger partial charge in [-0.1, -0.05) is 19.8 Å². The van der Waals surface area contributed by atoms with Crippen molar-refractivity contribution in [3.63, 3.8) is 0 Å². The van der Waals surface area contributed by atoms with Crippen LogP contribution in [0, 0.1) is 0 Å². The van der Waals surface area contributed by atoms with Gasteiger partial charge in [-0.25, -0.2) is 0 Å². The van der Waals surface area contributed by atoms with Crippen LogP contribution < -0.4 is 10.6 Å². The fraction of sp³-hybridized carbons (Fsp3) is 0.929. The van der Waals surface area contributed by atoms with Crippen molar-refractivity contribution >= 4 is 5.91 Å². The molecule has 0 bridgehead atoms. The van der Waals surface area contributed by atoms with Gasteiger partial charge in [0.05, 0.1) is 19.3 Å². The van der Waals surface area contributed by atoms with Crippen LogP contribution in [0.15, 0.2) is 0 Å². The van der Waals surface area contributed by atoms with Gasteiger partial charge in [-0.05, 0) is 33.1 Å². The van der Waals surface area contributed by atoms with Gasteiger partial charge in [0.2, 0.25) is 5.91 Å². The normalized spacial score (nSPS) is 17.1. The molecular formula is C14H28N2O2. The van der Waals surface area contributed by atoms with E-state index >= 15 is 0 Å². The van der Waals surface area contributed by atoms with E-state index in [2.05, 4.69) is 17.6 Å². The van der Waals surface area contributed by atoms with E-state index in [0.29, 0.717) is 19.3 Å². The fourth-order valence-electron chi connectivity index (χ4n) is 2.06. The second-order valence-corrected chi connectivity index (χ2v) is 5.74. The summed E-state index contributed by atoms with van der Waals surface area (Å²) >= 11 is 0. The first kappa shape index (κ1) is 15.4.